The van der Waals surface area contributed by atoms with Crippen LogP contribution in [0.1, 0.15) is 19.4 Å². The first-order valence-electron chi connectivity index (χ1n) is 5.80. The SMILES string of the molecule is CCOc1cc(S(=O)(=O)NC)c(OCC)cc1C. The molecule has 0 saturated carbocycles. The van der Waals surface area contributed by atoms with E-state index < -0.39 is 10.0 Å². The van der Waals surface area contributed by atoms with Crippen LogP contribution in [0.5, 0.6) is 11.5 Å². The van der Waals surface area contributed by atoms with Gasteiger partial charge in [0.15, 0.2) is 0 Å². The summed E-state index contributed by atoms with van der Waals surface area (Å²) in [5.74, 6) is 0.891. The molecular formula is C12H19NO4S. The van der Waals surface area contributed by atoms with E-state index in [2.05, 4.69) is 4.72 Å². The van der Waals surface area contributed by atoms with Crippen LogP contribution < -0.4 is 14.2 Å². The Morgan fingerprint density at radius 1 is 1.11 bits per heavy atom. The van der Waals surface area contributed by atoms with Crippen molar-refractivity contribution in [2.45, 2.75) is 25.7 Å². The van der Waals surface area contributed by atoms with Crippen LogP contribution >= 0.6 is 0 Å². The molecule has 5 nitrogen and oxygen atoms in total. The minimum Gasteiger partial charge on any atom is -0.494 e. The van der Waals surface area contributed by atoms with Crippen molar-refractivity contribution in [2.24, 2.45) is 0 Å². The van der Waals surface area contributed by atoms with Crippen LogP contribution in [0.2, 0.25) is 0 Å². The highest BCUT2D eigenvalue weighted by atomic mass is 32.2. The summed E-state index contributed by atoms with van der Waals surface area (Å²) in [4.78, 5) is 0.0981. The second kappa shape index (κ2) is 6.06. The molecule has 0 atom stereocenters. The number of aryl methyl sites for hydroxylation is 1. The second-order valence-corrected chi connectivity index (χ2v) is 5.49. The van der Waals surface area contributed by atoms with Crippen molar-refractivity contribution < 1.29 is 17.9 Å². The van der Waals surface area contributed by atoms with Crippen LogP contribution in [0.4, 0.5) is 0 Å². The summed E-state index contributed by atoms with van der Waals surface area (Å²) in [5.41, 5.74) is 0.843. The minimum atomic E-state index is -3.56. The monoisotopic (exact) mass is 273 g/mol. The first-order valence-corrected chi connectivity index (χ1v) is 7.28. The van der Waals surface area contributed by atoms with Gasteiger partial charge in [-0.2, -0.15) is 0 Å². The van der Waals surface area contributed by atoms with Crippen molar-refractivity contribution in [1.29, 1.82) is 0 Å². The Balaban J connectivity index is 3.40. The van der Waals surface area contributed by atoms with E-state index in [1.807, 2.05) is 20.8 Å². The summed E-state index contributed by atoms with van der Waals surface area (Å²) in [6.45, 7) is 6.39. The summed E-state index contributed by atoms with van der Waals surface area (Å²) in [7, 11) is -2.20. The van der Waals surface area contributed by atoms with Gasteiger partial charge in [0.2, 0.25) is 10.0 Å². The summed E-state index contributed by atoms with van der Waals surface area (Å²) >= 11 is 0. The molecular weight excluding hydrogens is 254 g/mol. The quantitative estimate of drug-likeness (QED) is 0.857. The Morgan fingerprint density at radius 2 is 1.67 bits per heavy atom. The van der Waals surface area contributed by atoms with Gasteiger partial charge in [-0.15, -0.1) is 0 Å². The molecule has 0 aromatic heterocycles. The van der Waals surface area contributed by atoms with Gasteiger partial charge in [-0.05, 0) is 39.4 Å². The fraction of sp³-hybridized carbons (Fsp3) is 0.500. The topological polar surface area (TPSA) is 64.6 Å². The van der Waals surface area contributed by atoms with Crippen LogP contribution in [0, 0.1) is 6.92 Å². The van der Waals surface area contributed by atoms with Gasteiger partial charge in [0.25, 0.3) is 0 Å². The molecule has 0 aliphatic heterocycles. The highest BCUT2D eigenvalue weighted by Gasteiger charge is 2.20. The molecule has 0 fully saturated rings. The lowest BCUT2D eigenvalue weighted by Crippen LogP contribution is -2.20. The van der Waals surface area contributed by atoms with Crippen molar-refractivity contribution in [1.82, 2.24) is 4.72 Å². The molecule has 0 unspecified atom stereocenters. The molecule has 0 heterocycles. The molecule has 1 aromatic rings. The van der Waals surface area contributed by atoms with Crippen LogP contribution in [0.15, 0.2) is 17.0 Å². The summed E-state index contributed by atoms with van der Waals surface area (Å²) in [5, 5.41) is 0. The van der Waals surface area contributed by atoms with E-state index in [9.17, 15) is 8.42 Å². The van der Waals surface area contributed by atoms with Crippen LogP contribution in [0.25, 0.3) is 0 Å². The van der Waals surface area contributed by atoms with Crippen LogP contribution in [-0.4, -0.2) is 28.7 Å². The summed E-state index contributed by atoms with van der Waals surface area (Å²) in [6.07, 6.45) is 0. The Morgan fingerprint density at radius 3 is 2.17 bits per heavy atom. The van der Waals surface area contributed by atoms with Crippen molar-refractivity contribution in [3.63, 3.8) is 0 Å². The second-order valence-electron chi connectivity index (χ2n) is 3.64. The zero-order valence-corrected chi connectivity index (χ0v) is 11.9. The molecule has 1 rings (SSSR count). The molecule has 6 heteroatoms. The molecule has 0 aliphatic rings. The summed E-state index contributed by atoms with van der Waals surface area (Å²) in [6, 6.07) is 3.17. The predicted octanol–water partition coefficient (Wildman–Crippen LogP) is 1.70. The van der Waals surface area contributed by atoms with Crippen molar-refractivity contribution in [2.75, 3.05) is 20.3 Å². The Kier molecular flexibility index (Phi) is 4.98. The molecule has 1 N–H and O–H groups in total. The fourth-order valence-corrected chi connectivity index (χ4v) is 2.41. The number of ether oxygens (including phenoxy) is 2. The van der Waals surface area contributed by atoms with Gasteiger partial charge < -0.3 is 9.47 Å². The maximum absolute atomic E-state index is 11.9. The first-order chi connectivity index (χ1) is 8.46. The van der Waals surface area contributed by atoms with Crippen molar-refractivity contribution in [3.05, 3.63) is 17.7 Å². The fourth-order valence-electron chi connectivity index (χ4n) is 1.54. The standard InChI is InChI=1S/C12H19NO4S/c1-5-16-10-8-12(18(14,15)13-4)11(17-6-2)7-9(10)3/h7-8,13H,5-6H2,1-4H3. The molecule has 102 valence electrons. The van der Waals surface area contributed by atoms with Gasteiger partial charge in [-0.1, -0.05) is 0 Å². The van der Waals surface area contributed by atoms with E-state index in [0.717, 1.165) is 5.56 Å². The maximum atomic E-state index is 11.9. The number of hydrogen-bond acceptors (Lipinski definition) is 4. The first kappa shape index (κ1) is 14.8. The average Bonchev–Trinajstić information content (AvgIpc) is 2.33. The highest BCUT2D eigenvalue weighted by molar-refractivity contribution is 7.89. The lowest BCUT2D eigenvalue weighted by molar-refractivity contribution is 0.320. The highest BCUT2D eigenvalue weighted by Crippen LogP contribution is 2.31. The number of nitrogens with one attached hydrogen (secondary N) is 1. The van der Waals surface area contributed by atoms with Gasteiger partial charge in [-0.3, -0.25) is 0 Å². The van der Waals surface area contributed by atoms with E-state index in [1.165, 1.54) is 13.1 Å². The van der Waals surface area contributed by atoms with Gasteiger partial charge in [0.1, 0.15) is 16.4 Å². The maximum Gasteiger partial charge on any atom is 0.244 e. The molecule has 18 heavy (non-hydrogen) atoms. The molecule has 0 spiro atoms. The molecule has 0 bridgehead atoms. The third-order valence-corrected chi connectivity index (χ3v) is 3.83. The zero-order chi connectivity index (χ0) is 13.8. The van der Waals surface area contributed by atoms with Gasteiger partial charge >= 0.3 is 0 Å². The normalized spacial score (nSPS) is 11.3. The number of sulfonamides is 1. The van der Waals surface area contributed by atoms with Gasteiger partial charge in [0, 0.05) is 6.07 Å². The molecule has 0 amide bonds. The number of benzene rings is 1. The Labute approximate surface area is 108 Å². The van der Waals surface area contributed by atoms with E-state index in [4.69, 9.17) is 9.47 Å². The summed E-state index contributed by atoms with van der Waals surface area (Å²) < 4.78 is 36.9. The largest absolute Gasteiger partial charge is 0.494 e. The zero-order valence-electron chi connectivity index (χ0n) is 11.1. The third-order valence-electron chi connectivity index (χ3n) is 2.40. The molecule has 1 aromatic carbocycles. The Hall–Kier alpha value is -1.27. The van der Waals surface area contributed by atoms with E-state index in [1.54, 1.807) is 6.07 Å². The average molecular weight is 273 g/mol. The van der Waals surface area contributed by atoms with Gasteiger partial charge in [-0.25, -0.2) is 13.1 Å². The third kappa shape index (κ3) is 3.14. The predicted molar refractivity (Wildman–Crippen MR) is 69.8 cm³/mol. The molecule has 0 radical (unpaired) electrons. The smallest absolute Gasteiger partial charge is 0.244 e. The minimum absolute atomic E-state index is 0.0981. The van der Waals surface area contributed by atoms with E-state index >= 15 is 0 Å². The lowest BCUT2D eigenvalue weighted by atomic mass is 10.2. The van der Waals surface area contributed by atoms with Crippen molar-refractivity contribution in [3.8, 4) is 11.5 Å². The van der Waals surface area contributed by atoms with Gasteiger partial charge in [0.05, 0.1) is 13.2 Å². The van der Waals surface area contributed by atoms with Crippen LogP contribution in [-0.2, 0) is 10.0 Å². The van der Waals surface area contributed by atoms with E-state index in [-0.39, 0.29) is 4.90 Å². The molecule has 0 aliphatic carbocycles. The lowest BCUT2D eigenvalue weighted by Gasteiger charge is -2.14. The van der Waals surface area contributed by atoms with Crippen molar-refractivity contribution >= 4 is 10.0 Å². The number of rotatable bonds is 6. The molecule has 0 saturated heterocycles. The van der Waals surface area contributed by atoms with E-state index in [0.29, 0.717) is 24.7 Å². The number of hydrogen-bond donors (Lipinski definition) is 1. The van der Waals surface area contributed by atoms with Crippen LogP contribution in [0.3, 0.4) is 0 Å². The Bertz CT molecular complexity index is 511.